The summed E-state index contributed by atoms with van der Waals surface area (Å²) < 4.78 is 11.8. The summed E-state index contributed by atoms with van der Waals surface area (Å²) in [5, 5.41) is 0. The van der Waals surface area contributed by atoms with Crippen LogP contribution in [-0.2, 0) is 6.54 Å². The number of hydrogen-bond donors (Lipinski definition) is 0. The van der Waals surface area contributed by atoms with E-state index < -0.39 is 0 Å². The predicted molar refractivity (Wildman–Crippen MR) is 82.9 cm³/mol. The fraction of sp³-hybridized carbons (Fsp3) is 0.214. The van der Waals surface area contributed by atoms with Gasteiger partial charge in [0.2, 0.25) is 0 Å². The highest BCUT2D eigenvalue weighted by atomic mass is 79.9. The third-order valence-electron chi connectivity index (χ3n) is 2.85. The zero-order valence-electron chi connectivity index (χ0n) is 11.0. The lowest BCUT2D eigenvalue weighted by Crippen LogP contribution is -2.26. The van der Waals surface area contributed by atoms with E-state index in [1.807, 2.05) is 18.2 Å². The Morgan fingerprint density at radius 1 is 1.35 bits per heavy atom. The predicted octanol–water partition coefficient (Wildman–Crippen LogP) is 4.09. The van der Waals surface area contributed by atoms with Gasteiger partial charge < -0.3 is 14.1 Å². The van der Waals surface area contributed by atoms with Crippen LogP contribution in [0.2, 0.25) is 0 Å². The minimum absolute atomic E-state index is 0.118. The standard InChI is InChI=1S/C14H13Br2NO3/c1-17(14(18)11-5-6-20-13(11)16)8-9-7-10(15)3-4-12(9)19-2/h3-7H,8H2,1-2H3. The molecule has 1 aromatic heterocycles. The van der Waals surface area contributed by atoms with Gasteiger partial charge in [-0.25, -0.2) is 0 Å². The molecule has 0 atom stereocenters. The first-order valence-electron chi connectivity index (χ1n) is 5.83. The van der Waals surface area contributed by atoms with Crippen molar-refractivity contribution in [1.82, 2.24) is 4.90 Å². The molecule has 6 heteroatoms. The molecular weight excluding hydrogens is 390 g/mol. The summed E-state index contributed by atoms with van der Waals surface area (Å²) in [5.74, 6) is 0.631. The zero-order valence-corrected chi connectivity index (χ0v) is 14.2. The summed E-state index contributed by atoms with van der Waals surface area (Å²) >= 11 is 6.64. The maximum atomic E-state index is 12.3. The molecule has 1 amide bonds. The van der Waals surface area contributed by atoms with Crippen molar-refractivity contribution in [3.05, 3.63) is 50.8 Å². The number of amides is 1. The highest BCUT2D eigenvalue weighted by Crippen LogP contribution is 2.25. The Morgan fingerprint density at radius 2 is 2.10 bits per heavy atom. The molecule has 0 saturated carbocycles. The first-order valence-corrected chi connectivity index (χ1v) is 7.42. The van der Waals surface area contributed by atoms with Gasteiger partial charge in [-0.2, -0.15) is 0 Å². The molecule has 2 aromatic rings. The molecule has 0 bridgehead atoms. The van der Waals surface area contributed by atoms with E-state index in [-0.39, 0.29) is 5.91 Å². The molecule has 0 aliphatic rings. The van der Waals surface area contributed by atoms with Crippen molar-refractivity contribution < 1.29 is 13.9 Å². The normalized spacial score (nSPS) is 10.4. The number of methoxy groups -OCH3 is 1. The molecule has 1 heterocycles. The van der Waals surface area contributed by atoms with Gasteiger partial charge in [-0.05, 0) is 40.2 Å². The van der Waals surface area contributed by atoms with Crippen LogP contribution in [0.1, 0.15) is 15.9 Å². The lowest BCUT2D eigenvalue weighted by atomic mass is 10.2. The quantitative estimate of drug-likeness (QED) is 0.773. The van der Waals surface area contributed by atoms with E-state index in [9.17, 15) is 4.79 Å². The number of nitrogens with zero attached hydrogens (tertiary/aromatic N) is 1. The molecule has 20 heavy (non-hydrogen) atoms. The van der Waals surface area contributed by atoms with Crippen molar-refractivity contribution in [3.63, 3.8) is 0 Å². The van der Waals surface area contributed by atoms with E-state index in [1.54, 1.807) is 25.1 Å². The minimum Gasteiger partial charge on any atom is -0.496 e. The highest BCUT2D eigenvalue weighted by Gasteiger charge is 2.18. The Bertz CT molecular complexity index is 625. The minimum atomic E-state index is -0.118. The Morgan fingerprint density at radius 3 is 2.70 bits per heavy atom. The second-order valence-corrected chi connectivity index (χ2v) is 5.86. The first kappa shape index (κ1) is 15.1. The van der Waals surface area contributed by atoms with Crippen molar-refractivity contribution in [2.75, 3.05) is 14.2 Å². The summed E-state index contributed by atoms with van der Waals surface area (Å²) in [4.78, 5) is 13.9. The van der Waals surface area contributed by atoms with Crippen LogP contribution in [0.3, 0.4) is 0 Å². The van der Waals surface area contributed by atoms with Crippen LogP contribution in [-0.4, -0.2) is 25.0 Å². The molecule has 0 N–H and O–H groups in total. The van der Waals surface area contributed by atoms with Gasteiger partial charge in [-0.1, -0.05) is 15.9 Å². The molecule has 0 aliphatic carbocycles. The average Bonchev–Trinajstić information content (AvgIpc) is 2.84. The first-order chi connectivity index (χ1) is 9.52. The van der Waals surface area contributed by atoms with Gasteiger partial charge in [-0.3, -0.25) is 4.79 Å². The van der Waals surface area contributed by atoms with Crippen LogP contribution in [0.5, 0.6) is 5.75 Å². The highest BCUT2D eigenvalue weighted by molar-refractivity contribution is 9.10. The van der Waals surface area contributed by atoms with E-state index in [0.29, 0.717) is 16.8 Å². The van der Waals surface area contributed by atoms with Crippen LogP contribution in [0.25, 0.3) is 0 Å². The van der Waals surface area contributed by atoms with Crippen molar-refractivity contribution in [3.8, 4) is 5.75 Å². The second kappa shape index (κ2) is 6.45. The SMILES string of the molecule is COc1ccc(Br)cc1CN(C)C(=O)c1ccoc1Br. The van der Waals surface area contributed by atoms with Crippen LogP contribution in [0, 0.1) is 0 Å². The Kier molecular flexibility index (Phi) is 4.88. The number of ether oxygens (including phenoxy) is 1. The molecular formula is C14H13Br2NO3. The molecule has 0 aliphatic heterocycles. The smallest absolute Gasteiger partial charge is 0.258 e. The van der Waals surface area contributed by atoms with Crippen molar-refractivity contribution in [2.24, 2.45) is 0 Å². The molecule has 0 unspecified atom stereocenters. The summed E-state index contributed by atoms with van der Waals surface area (Å²) in [6.07, 6.45) is 1.48. The number of benzene rings is 1. The van der Waals surface area contributed by atoms with E-state index in [1.165, 1.54) is 6.26 Å². The van der Waals surface area contributed by atoms with Crippen molar-refractivity contribution >= 4 is 37.8 Å². The van der Waals surface area contributed by atoms with Crippen LogP contribution >= 0.6 is 31.9 Å². The fourth-order valence-electron chi connectivity index (χ4n) is 1.85. The van der Waals surface area contributed by atoms with Crippen molar-refractivity contribution in [2.45, 2.75) is 6.54 Å². The zero-order chi connectivity index (χ0) is 14.7. The number of halogens is 2. The summed E-state index contributed by atoms with van der Waals surface area (Å²) in [6, 6.07) is 7.34. The van der Waals surface area contributed by atoms with Gasteiger partial charge in [0.15, 0.2) is 4.67 Å². The fourth-order valence-corrected chi connectivity index (χ4v) is 2.67. The molecule has 1 aromatic carbocycles. The number of hydrogen-bond acceptors (Lipinski definition) is 3. The van der Waals surface area contributed by atoms with E-state index >= 15 is 0 Å². The maximum Gasteiger partial charge on any atom is 0.258 e. The monoisotopic (exact) mass is 401 g/mol. The molecule has 2 rings (SSSR count). The topological polar surface area (TPSA) is 42.7 Å². The molecule has 0 radical (unpaired) electrons. The van der Waals surface area contributed by atoms with E-state index in [0.717, 1.165) is 15.8 Å². The van der Waals surface area contributed by atoms with Crippen LogP contribution < -0.4 is 4.74 Å². The van der Waals surface area contributed by atoms with Crippen LogP contribution in [0.4, 0.5) is 0 Å². The number of carbonyl (C=O) groups excluding carboxylic acids is 1. The van der Waals surface area contributed by atoms with Crippen molar-refractivity contribution in [1.29, 1.82) is 0 Å². The van der Waals surface area contributed by atoms with Gasteiger partial charge in [0.05, 0.1) is 18.9 Å². The average molecular weight is 403 g/mol. The summed E-state index contributed by atoms with van der Waals surface area (Å²) in [7, 11) is 3.35. The summed E-state index contributed by atoms with van der Waals surface area (Å²) in [5.41, 5.74) is 1.43. The van der Waals surface area contributed by atoms with E-state index in [4.69, 9.17) is 9.15 Å². The third-order valence-corrected chi connectivity index (χ3v) is 3.95. The Hall–Kier alpha value is -1.27. The molecule has 4 nitrogen and oxygen atoms in total. The third kappa shape index (κ3) is 3.24. The van der Waals surface area contributed by atoms with Gasteiger partial charge in [0, 0.05) is 23.6 Å². The van der Waals surface area contributed by atoms with Gasteiger partial charge in [0.25, 0.3) is 5.91 Å². The lowest BCUT2D eigenvalue weighted by molar-refractivity contribution is 0.0782. The largest absolute Gasteiger partial charge is 0.496 e. The lowest BCUT2D eigenvalue weighted by Gasteiger charge is -2.18. The van der Waals surface area contributed by atoms with E-state index in [2.05, 4.69) is 31.9 Å². The maximum absolute atomic E-state index is 12.3. The number of furan rings is 1. The van der Waals surface area contributed by atoms with Gasteiger partial charge >= 0.3 is 0 Å². The Labute approximate surface area is 134 Å². The molecule has 0 saturated heterocycles. The molecule has 0 spiro atoms. The van der Waals surface area contributed by atoms with Gasteiger partial charge in [-0.15, -0.1) is 0 Å². The second-order valence-electron chi connectivity index (χ2n) is 4.23. The van der Waals surface area contributed by atoms with Crippen LogP contribution in [0.15, 0.2) is 44.1 Å². The van der Waals surface area contributed by atoms with Gasteiger partial charge in [0.1, 0.15) is 5.75 Å². The number of carbonyl (C=O) groups is 1. The number of rotatable bonds is 4. The summed E-state index contributed by atoms with van der Waals surface area (Å²) in [6.45, 7) is 0.444. The molecule has 106 valence electrons. The molecule has 0 fully saturated rings. The Balaban J connectivity index is 2.20.